The van der Waals surface area contributed by atoms with Crippen LogP contribution in [0.1, 0.15) is 219 Å². The molecule has 0 aliphatic carbocycles. The van der Waals surface area contributed by atoms with Crippen molar-refractivity contribution in [1.82, 2.24) is 0 Å². The van der Waals surface area contributed by atoms with Crippen molar-refractivity contribution in [2.75, 3.05) is 47.5 Å². The molecule has 0 aliphatic rings. The summed E-state index contributed by atoms with van der Waals surface area (Å²) in [6.45, 7) is 4.44. The second-order valence-electron chi connectivity index (χ2n) is 17.1. The number of carbonyl (C=O) groups excluding carboxylic acids is 2. The molecule has 1 N–H and O–H groups in total. The van der Waals surface area contributed by atoms with Crippen LogP contribution in [-0.2, 0) is 32.7 Å². The number of hydrogen-bond acceptors (Lipinski definition) is 7. The fraction of sp³-hybridized carbons (Fsp3) is 0.913. The van der Waals surface area contributed by atoms with Gasteiger partial charge in [-0.25, -0.2) is 4.57 Å². The second-order valence-corrected chi connectivity index (χ2v) is 18.6. The number of allylic oxidation sites excluding steroid dienone is 2. The van der Waals surface area contributed by atoms with Crippen LogP contribution in [0.2, 0.25) is 0 Å². The molecule has 9 nitrogen and oxygen atoms in total. The molecule has 2 atom stereocenters. The summed E-state index contributed by atoms with van der Waals surface area (Å²) in [7, 11) is 1.49. The Morgan fingerprint density at radius 1 is 0.536 bits per heavy atom. The van der Waals surface area contributed by atoms with Gasteiger partial charge in [-0.3, -0.25) is 18.6 Å². The predicted molar refractivity (Wildman–Crippen MR) is 234 cm³/mol. The van der Waals surface area contributed by atoms with Gasteiger partial charge in [0.1, 0.15) is 19.8 Å². The Kier molecular flexibility index (Phi) is 38.3. The van der Waals surface area contributed by atoms with Crippen LogP contribution in [-0.4, -0.2) is 74.9 Å². The predicted octanol–water partition coefficient (Wildman–Crippen LogP) is 13.4. The van der Waals surface area contributed by atoms with E-state index in [0.29, 0.717) is 17.4 Å². The fourth-order valence-electron chi connectivity index (χ4n) is 6.60. The largest absolute Gasteiger partial charge is 0.472 e. The van der Waals surface area contributed by atoms with Crippen LogP contribution in [0.5, 0.6) is 0 Å². The van der Waals surface area contributed by atoms with Crippen LogP contribution in [0.15, 0.2) is 12.2 Å². The van der Waals surface area contributed by atoms with E-state index in [2.05, 4.69) is 26.0 Å². The average Bonchev–Trinajstić information content (AvgIpc) is 3.15. The number of esters is 2. The first-order valence-electron chi connectivity index (χ1n) is 23.4. The number of unbranched alkanes of at least 4 members (excludes halogenated alkanes) is 27. The molecule has 0 aliphatic heterocycles. The molecule has 332 valence electrons. The summed E-state index contributed by atoms with van der Waals surface area (Å²) in [6, 6.07) is 0. The third-order valence-electron chi connectivity index (χ3n) is 10.3. The van der Waals surface area contributed by atoms with Crippen LogP contribution in [0, 0.1) is 0 Å². The topological polar surface area (TPSA) is 108 Å². The number of quaternary nitrogens is 1. The van der Waals surface area contributed by atoms with Crippen LogP contribution in [0.3, 0.4) is 0 Å². The minimum atomic E-state index is -4.37. The van der Waals surface area contributed by atoms with Gasteiger partial charge in [0.05, 0.1) is 27.7 Å². The zero-order valence-corrected chi connectivity index (χ0v) is 38.3. The van der Waals surface area contributed by atoms with Gasteiger partial charge in [-0.15, -0.1) is 0 Å². The molecule has 0 aromatic rings. The normalized spacial score (nSPS) is 13.6. The number of phosphoric ester groups is 1. The van der Waals surface area contributed by atoms with Crippen LogP contribution in [0.4, 0.5) is 0 Å². The summed E-state index contributed by atoms with van der Waals surface area (Å²) in [4.78, 5) is 35.4. The summed E-state index contributed by atoms with van der Waals surface area (Å²) in [5.41, 5.74) is 0. The molecule has 0 spiro atoms. The lowest BCUT2D eigenvalue weighted by Gasteiger charge is -2.24. The number of nitrogens with zero attached hydrogens (tertiary/aromatic N) is 1. The Hall–Kier alpha value is -1.25. The van der Waals surface area contributed by atoms with Crippen molar-refractivity contribution < 1.29 is 42.1 Å². The summed E-state index contributed by atoms with van der Waals surface area (Å²) < 4.78 is 34.3. The lowest BCUT2D eigenvalue weighted by Crippen LogP contribution is -2.37. The minimum Gasteiger partial charge on any atom is -0.462 e. The maximum atomic E-state index is 12.7. The van der Waals surface area contributed by atoms with E-state index in [9.17, 15) is 19.0 Å². The highest BCUT2D eigenvalue weighted by Crippen LogP contribution is 2.43. The van der Waals surface area contributed by atoms with Gasteiger partial charge in [-0.2, -0.15) is 0 Å². The summed E-state index contributed by atoms with van der Waals surface area (Å²) in [5, 5.41) is 0. The van der Waals surface area contributed by atoms with Crippen LogP contribution >= 0.6 is 7.82 Å². The van der Waals surface area contributed by atoms with E-state index < -0.39 is 26.5 Å². The number of ether oxygens (including phenoxy) is 2. The van der Waals surface area contributed by atoms with Crippen molar-refractivity contribution in [3.63, 3.8) is 0 Å². The highest BCUT2D eigenvalue weighted by molar-refractivity contribution is 7.47. The number of rotatable bonds is 43. The number of phosphoric acid groups is 1. The zero-order chi connectivity index (χ0) is 41.4. The molecule has 56 heavy (non-hydrogen) atoms. The standard InChI is InChI=1S/C46H90NO8P/c1-6-8-10-12-14-16-18-20-21-22-23-24-25-27-28-30-32-34-36-38-45(48)52-42-44(43-54-56(50,51)53-41-40-47(3,4)5)55-46(49)39-37-35-33-31-29-26-19-17-15-13-11-9-7-2/h22-23,44H,6-21,24-43H2,1-5H3/p+1/b23-22-/t44-/m1/s1. The van der Waals surface area contributed by atoms with E-state index in [1.165, 1.54) is 154 Å². The van der Waals surface area contributed by atoms with Gasteiger partial charge in [-0.05, 0) is 38.5 Å². The van der Waals surface area contributed by atoms with E-state index in [-0.39, 0.29) is 32.0 Å². The highest BCUT2D eigenvalue weighted by atomic mass is 31.2. The molecule has 10 heteroatoms. The molecule has 0 heterocycles. The van der Waals surface area contributed by atoms with Gasteiger partial charge in [-0.1, -0.05) is 180 Å². The van der Waals surface area contributed by atoms with E-state index in [4.69, 9.17) is 18.5 Å². The number of hydrogen-bond donors (Lipinski definition) is 1. The minimum absolute atomic E-state index is 0.0343. The first kappa shape index (κ1) is 54.8. The van der Waals surface area contributed by atoms with Gasteiger partial charge < -0.3 is 18.9 Å². The van der Waals surface area contributed by atoms with Crippen LogP contribution < -0.4 is 0 Å². The molecule has 0 bridgehead atoms. The second kappa shape index (κ2) is 39.2. The van der Waals surface area contributed by atoms with Crippen molar-refractivity contribution in [3.8, 4) is 0 Å². The Morgan fingerprint density at radius 3 is 1.32 bits per heavy atom. The molecule has 0 amide bonds. The molecule has 0 saturated heterocycles. The molecular formula is C46H91NO8P+. The highest BCUT2D eigenvalue weighted by Gasteiger charge is 2.27. The SMILES string of the molecule is CCCCCCCCCC/C=C\CCCCCCCCCC(=O)OC[C@H](COP(=O)(O)OCC[N+](C)(C)C)OC(=O)CCCCCCCCCCCCCCC. The van der Waals surface area contributed by atoms with E-state index in [0.717, 1.165) is 32.1 Å². The molecule has 0 aromatic carbocycles. The third kappa shape index (κ3) is 42.4. The quantitative estimate of drug-likeness (QED) is 0.0213. The van der Waals surface area contributed by atoms with E-state index in [1.807, 2.05) is 21.1 Å². The van der Waals surface area contributed by atoms with E-state index in [1.54, 1.807) is 0 Å². The Balaban J connectivity index is 4.27. The summed E-state index contributed by atoms with van der Waals surface area (Å²) in [6.07, 6.45) is 41.1. The smallest absolute Gasteiger partial charge is 0.462 e. The molecule has 0 fully saturated rings. The van der Waals surface area contributed by atoms with Gasteiger partial charge in [0, 0.05) is 12.8 Å². The fourth-order valence-corrected chi connectivity index (χ4v) is 7.34. The Labute approximate surface area is 346 Å². The third-order valence-corrected chi connectivity index (χ3v) is 11.3. The van der Waals surface area contributed by atoms with Crippen LogP contribution in [0.25, 0.3) is 0 Å². The van der Waals surface area contributed by atoms with Crippen molar-refractivity contribution in [2.45, 2.75) is 225 Å². The lowest BCUT2D eigenvalue weighted by atomic mass is 10.0. The number of carbonyl (C=O) groups is 2. The van der Waals surface area contributed by atoms with Crippen molar-refractivity contribution in [2.24, 2.45) is 0 Å². The summed E-state index contributed by atoms with van der Waals surface area (Å²) >= 11 is 0. The van der Waals surface area contributed by atoms with Crippen molar-refractivity contribution in [3.05, 3.63) is 12.2 Å². The summed E-state index contributed by atoms with van der Waals surface area (Å²) in [5.74, 6) is -0.793. The molecule has 0 aromatic heterocycles. The van der Waals surface area contributed by atoms with Gasteiger partial charge in [0.15, 0.2) is 6.10 Å². The van der Waals surface area contributed by atoms with Gasteiger partial charge in [0.2, 0.25) is 0 Å². The monoisotopic (exact) mass is 817 g/mol. The Bertz CT molecular complexity index is 969. The molecule has 0 saturated carbocycles. The van der Waals surface area contributed by atoms with Crippen molar-refractivity contribution in [1.29, 1.82) is 0 Å². The van der Waals surface area contributed by atoms with E-state index >= 15 is 0 Å². The molecule has 0 rings (SSSR count). The molecule has 1 unspecified atom stereocenters. The van der Waals surface area contributed by atoms with Gasteiger partial charge >= 0.3 is 19.8 Å². The number of likely N-dealkylation sites (N-methyl/N-ethyl adjacent to an activating group) is 1. The maximum absolute atomic E-state index is 12.7. The average molecular weight is 817 g/mol. The lowest BCUT2D eigenvalue weighted by molar-refractivity contribution is -0.870. The Morgan fingerprint density at radius 2 is 0.911 bits per heavy atom. The first-order valence-corrected chi connectivity index (χ1v) is 24.9. The maximum Gasteiger partial charge on any atom is 0.472 e. The van der Waals surface area contributed by atoms with Crippen molar-refractivity contribution >= 4 is 19.8 Å². The molecular weight excluding hydrogens is 725 g/mol. The van der Waals surface area contributed by atoms with Gasteiger partial charge in [0.25, 0.3) is 0 Å². The molecule has 0 radical (unpaired) electrons. The zero-order valence-electron chi connectivity index (χ0n) is 37.4. The first-order chi connectivity index (χ1) is 27.0.